The summed E-state index contributed by atoms with van der Waals surface area (Å²) in [6, 6.07) is 0.443. The van der Waals surface area contributed by atoms with Gasteiger partial charge in [-0.1, -0.05) is 26.7 Å². The van der Waals surface area contributed by atoms with Crippen molar-refractivity contribution in [1.29, 1.82) is 0 Å². The van der Waals surface area contributed by atoms with Crippen LogP contribution in [0.25, 0.3) is 0 Å². The van der Waals surface area contributed by atoms with Crippen LogP contribution < -0.4 is 5.73 Å². The molecular formula is C13H26N2. The van der Waals surface area contributed by atoms with E-state index in [0.717, 1.165) is 5.92 Å². The van der Waals surface area contributed by atoms with Crippen LogP contribution >= 0.6 is 0 Å². The first kappa shape index (κ1) is 11.4. The Hall–Kier alpha value is -0.0800. The summed E-state index contributed by atoms with van der Waals surface area (Å²) >= 11 is 0. The molecule has 1 saturated carbocycles. The zero-order valence-electron chi connectivity index (χ0n) is 10.3. The molecule has 2 aliphatic rings. The third-order valence-electron chi connectivity index (χ3n) is 4.69. The van der Waals surface area contributed by atoms with Crippen molar-refractivity contribution < 1.29 is 0 Å². The highest BCUT2D eigenvalue weighted by Gasteiger charge is 2.38. The summed E-state index contributed by atoms with van der Waals surface area (Å²) in [5.41, 5.74) is 6.64. The van der Waals surface area contributed by atoms with Gasteiger partial charge in [-0.3, -0.25) is 0 Å². The predicted octanol–water partition coefficient (Wildman–Crippen LogP) is 2.24. The molecule has 3 atom stereocenters. The third kappa shape index (κ3) is 2.36. The van der Waals surface area contributed by atoms with E-state index in [-0.39, 0.29) is 0 Å². The average molecular weight is 210 g/mol. The normalized spacial score (nSPS) is 42.6. The molecular weight excluding hydrogens is 184 g/mol. The Balaban J connectivity index is 1.86. The van der Waals surface area contributed by atoms with Crippen LogP contribution in [-0.4, -0.2) is 30.6 Å². The van der Waals surface area contributed by atoms with Gasteiger partial charge in [-0.05, 0) is 37.1 Å². The highest BCUT2D eigenvalue weighted by atomic mass is 15.2. The first-order valence-electron chi connectivity index (χ1n) is 6.62. The van der Waals surface area contributed by atoms with E-state index in [9.17, 15) is 0 Å². The van der Waals surface area contributed by atoms with E-state index in [2.05, 4.69) is 18.7 Å². The molecule has 0 aromatic carbocycles. The molecule has 2 fully saturated rings. The van der Waals surface area contributed by atoms with Crippen molar-refractivity contribution in [2.45, 2.75) is 52.0 Å². The second kappa shape index (κ2) is 4.42. The van der Waals surface area contributed by atoms with Gasteiger partial charge in [-0.2, -0.15) is 0 Å². The van der Waals surface area contributed by atoms with Gasteiger partial charge in [0.1, 0.15) is 0 Å². The van der Waals surface area contributed by atoms with E-state index in [1.54, 1.807) is 0 Å². The van der Waals surface area contributed by atoms with Gasteiger partial charge in [0.25, 0.3) is 0 Å². The van der Waals surface area contributed by atoms with Gasteiger partial charge in [0, 0.05) is 19.1 Å². The van der Waals surface area contributed by atoms with Crippen molar-refractivity contribution >= 4 is 0 Å². The summed E-state index contributed by atoms with van der Waals surface area (Å²) in [4.78, 5) is 2.65. The molecule has 88 valence electrons. The lowest BCUT2D eigenvalue weighted by Crippen LogP contribution is -2.43. The molecule has 2 rings (SSSR count). The van der Waals surface area contributed by atoms with Crippen molar-refractivity contribution in [3.8, 4) is 0 Å². The quantitative estimate of drug-likeness (QED) is 0.774. The summed E-state index contributed by atoms with van der Waals surface area (Å²) in [7, 11) is 0. The summed E-state index contributed by atoms with van der Waals surface area (Å²) < 4.78 is 0. The molecule has 1 heterocycles. The van der Waals surface area contributed by atoms with Crippen LogP contribution in [0.2, 0.25) is 0 Å². The number of likely N-dealkylation sites (tertiary alicyclic amines) is 1. The van der Waals surface area contributed by atoms with Crippen molar-refractivity contribution in [3.05, 3.63) is 0 Å². The Morgan fingerprint density at radius 2 is 2.20 bits per heavy atom. The number of rotatable bonds is 3. The van der Waals surface area contributed by atoms with Gasteiger partial charge in [-0.25, -0.2) is 0 Å². The molecule has 3 unspecified atom stereocenters. The van der Waals surface area contributed by atoms with E-state index in [4.69, 9.17) is 5.73 Å². The molecule has 0 radical (unpaired) electrons. The lowest BCUT2D eigenvalue weighted by Gasteiger charge is -2.33. The molecule has 1 aliphatic carbocycles. The van der Waals surface area contributed by atoms with Gasteiger partial charge < -0.3 is 10.6 Å². The van der Waals surface area contributed by atoms with Crippen LogP contribution in [0.5, 0.6) is 0 Å². The maximum absolute atomic E-state index is 6.23. The molecule has 2 heteroatoms. The number of nitrogens with zero attached hydrogens (tertiary/aromatic N) is 1. The van der Waals surface area contributed by atoms with Crippen LogP contribution in [0.15, 0.2) is 0 Å². The first-order valence-corrected chi connectivity index (χ1v) is 6.62. The number of hydrogen-bond acceptors (Lipinski definition) is 2. The predicted molar refractivity (Wildman–Crippen MR) is 64.8 cm³/mol. The van der Waals surface area contributed by atoms with Crippen molar-refractivity contribution in [2.75, 3.05) is 19.6 Å². The van der Waals surface area contributed by atoms with E-state index in [1.165, 1.54) is 51.7 Å². The second-order valence-electron chi connectivity index (χ2n) is 5.95. The molecule has 0 aromatic rings. The Bertz CT molecular complexity index is 217. The minimum Gasteiger partial charge on any atom is -0.327 e. The Morgan fingerprint density at radius 1 is 1.40 bits per heavy atom. The highest BCUT2D eigenvalue weighted by molar-refractivity contribution is 4.94. The third-order valence-corrected chi connectivity index (χ3v) is 4.69. The number of nitrogens with two attached hydrogens (primary N) is 1. The van der Waals surface area contributed by atoms with Crippen LogP contribution in [0.3, 0.4) is 0 Å². The monoisotopic (exact) mass is 210 g/mol. The fraction of sp³-hybridized carbons (Fsp3) is 1.00. The summed E-state index contributed by atoms with van der Waals surface area (Å²) in [6.07, 6.45) is 6.66. The van der Waals surface area contributed by atoms with Crippen LogP contribution in [0.4, 0.5) is 0 Å². The Labute approximate surface area is 94.2 Å². The van der Waals surface area contributed by atoms with Crippen molar-refractivity contribution in [2.24, 2.45) is 17.1 Å². The van der Waals surface area contributed by atoms with Crippen LogP contribution in [0.1, 0.15) is 46.0 Å². The van der Waals surface area contributed by atoms with Gasteiger partial charge in [0.05, 0.1) is 0 Å². The zero-order chi connectivity index (χ0) is 10.9. The lowest BCUT2D eigenvalue weighted by atomic mass is 9.84. The van der Waals surface area contributed by atoms with Crippen LogP contribution in [-0.2, 0) is 0 Å². The topological polar surface area (TPSA) is 29.3 Å². The molecule has 2 N–H and O–H groups in total. The fourth-order valence-electron chi connectivity index (χ4n) is 3.36. The number of hydrogen-bond donors (Lipinski definition) is 1. The first-order chi connectivity index (χ1) is 7.14. The summed E-state index contributed by atoms with van der Waals surface area (Å²) in [6.45, 7) is 8.57. The molecule has 15 heavy (non-hydrogen) atoms. The van der Waals surface area contributed by atoms with Gasteiger partial charge in [0.15, 0.2) is 0 Å². The van der Waals surface area contributed by atoms with Gasteiger partial charge in [-0.15, -0.1) is 0 Å². The summed E-state index contributed by atoms with van der Waals surface area (Å²) in [5, 5.41) is 0. The summed E-state index contributed by atoms with van der Waals surface area (Å²) in [5.74, 6) is 0.950. The van der Waals surface area contributed by atoms with Crippen molar-refractivity contribution in [1.82, 2.24) is 4.90 Å². The van der Waals surface area contributed by atoms with E-state index >= 15 is 0 Å². The maximum Gasteiger partial charge on any atom is 0.0105 e. The zero-order valence-corrected chi connectivity index (χ0v) is 10.3. The molecule has 1 aliphatic heterocycles. The van der Waals surface area contributed by atoms with E-state index in [1.807, 2.05) is 0 Å². The average Bonchev–Trinajstić information content (AvgIpc) is 2.76. The largest absolute Gasteiger partial charge is 0.327 e. The molecule has 0 bridgehead atoms. The Morgan fingerprint density at radius 3 is 2.73 bits per heavy atom. The maximum atomic E-state index is 6.23. The van der Waals surface area contributed by atoms with Crippen LogP contribution in [0, 0.1) is 11.3 Å². The van der Waals surface area contributed by atoms with Gasteiger partial charge >= 0.3 is 0 Å². The molecule has 0 spiro atoms. The Kier molecular flexibility index (Phi) is 3.36. The smallest absolute Gasteiger partial charge is 0.0105 e. The van der Waals surface area contributed by atoms with Crippen molar-refractivity contribution in [3.63, 3.8) is 0 Å². The molecule has 2 nitrogen and oxygen atoms in total. The highest BCUT2D eigenvalue weighted by Crippen LogP contribution is 2.38. The van der Waals surface area contributed by atoms with E-state index in [0.29, 0.717) is 11.5 Å². The molecule has 0 amide bonds. The van der Waals surface area contributed by atoms with Gasteiger partial charge in [0.2, 0.25) is 0 Å². The minimum atomic E-state index is 0.405. The van der Waals surface area contributed by atoms with E-state index < -0.39 is 0 Å². The minimum absolute atomic E-state index is 0.405. The fourth-order valence-corrected chi connectivity index (χ4v) is 3.36. The molecule has 1 saturated heterocycles. The second-order valence-corrected chi connectivity index (χ2v) is 5.95. The molecule has 0 aromatic heterocycles. The SMILES string of the molecule is CCC1CCN(CC2(C)CCCC2N)C1. The lowest BCUT2D eigenvalue weighted by molar-refractivity contribution is 0.173. The standard InChI is InChI=1S/C13H26N2/c1-3-11-6-8-15(9-11)10-13(2)7-4-5-12(13)14/h11-12H,3-10,14H2,1-2H3.